The summed E-state index contributed by atoms with van der Waals surface area (Å²) in [5, 5.41) is 0. The number of carbonyl (C=O) groups excluding carboxylic acids is 1. The highest BCUT2D eigenvalue weighted by Crippen LogP contribution is 2.17. The second kappa shape index (κ2) is 5.44. The van der Waals surface area contributed by atoms with Gasteiger partial charge in [0.05, 0.1) is 6.42 Å². The molecule has 0 amide bonds. The van der Waals surface area contributed by atoms with Crippen LogP contribution in [-0.2, 0) is 6.42 Å². The molecule has 0 radical (unpaired) electrons. The molecule has 0 spiro atoms. The number of aromatic nitrogens is 1. The van der Waals surface area contributed by atoms with Crippen molar-refractivity contribution in [2.45, 2.75) is 20.3 Å². The molecule has 0 saturated carbocycles. The van der Waals surface area contributed by atoms with E-state index in [9.17, 15) is 4.79 Å². The average molecular weight is 304 g/mol. The molecule has 2 nitrogen and oxygen atoms in total. The number of aryl methyl sites for hydroxylation is 2. The molecule has 0 aliphatic heterocycles. The Morgan fingerprint density at radius 1 is 1.22 bits per heavy atom. The molecule has 3 heteroatoms. The van der Waals surface area contributed by atoms with Crippen molar-refractivity contribution < 1.29 is 4.79 Å². The monoisotopic (exact) mass is 303 g/mol. The zero-order chi connectivity index (χ0) is 13.1. The van der Waals surface area contributed by atoms with Crippen LogP contribution >= 0.6 is 15.9 Å². The standard InChI is InChI=1S/C15H14BrNO/c1-10-3-5-13(17-9-10)8-15(18)14-6-4-12(16)7-11(14)2/h3-7,9H,8H2,1-2H3. The van der Waals surface area contributed by atoms with Gasteiger partial charge in [-0.3, -0.25) is 9.78 Å². The smallest absolute Gasteiger partial charge is 0.169 e. The van der Waals surface area contributed by atoms with Gasteiger partial charge in [0.1, 0.15) is 0 Å². The second-order valence-electron chi connectivity index (χ2n) is 4.39. The van der Waals surface area contributed by atoms with E-state index in [4.69, 9.17) is 0 Å². The van der Waals surface area contributed by atoms with Gasteiger partial charge in [-0.2, -0.15) is 0 Å². The summed E-state index contributed by atoms with van der Waals surface area (Å²) in [5.74, 6) is 0.108. The number of pyridine rings is 1. The third-order valence-electron chi connectivity index (χ3n) is 2.80. The zero-order valence-electron chi connectivity index (χ0n) is 10.4. The van der Waals surface area contributed by atoms with Crippen molar-refractivity contribution in [2.24, 2.45) is 0 Å². The molecule has 0 N–H and O–H groups in total. The van der Waals surface area contributed by atoms with E-state index in [1.165, 1.54) is 0 Å². The Labute approximate surface area is 115 Å². The number of hydrogen-bond donors (Lipinski definition) is 0. The molecule has 18 heavy (non-hydrogen) atoms. The van der Waals surface area contributed by atoms with Crippen LogP contribution in [0.25, 0.3) is 0 Å². The van der Waals surface area contributed by atoms with Crippen molar-refractivity contribution in [3.63, 3.8) is 0 Å². The first-order valence-corrected chi connectivity index (χ1v) is 6.56. The fourth-order valence-corrected chi connectivity index (χ4v) is 2.28. The fraction of sp³-hybridized carbons (Fsp3) is 0.200. The van der Waals surface area contributed by atoms with Crippen LogP contribution in [0.2, 0.25) is 0 Å². The van der Waals surface area contributed by atoms with E-state index in [0.29, 0.717) is 6.42 Å². The van der Waals surface area contributed by atoms with Gasteiger partial charge < -0.3 is 0 Å². The SMILES string of the molecule is Cc1ccc(CC(=O)c2ccc(Br)cc2C)nc1. The van der Waals surface area contributed by atoms with Crippen LogP contribution in [-0.4, -0.2) is 10.8 Å². The highest BCUT2D eigenvalue weighted by molar-refractivity contribution is 9.10. The number of rotatable bonds is 3. The summed E-state index contributed by atoms with van der Waals surface area (Å²) in [6, 6.07) is 9.58. The van der Waals surface area contributed by atoms with Gasteiger partial charge in [0.25, 0.3) is 0 Å². The van der Waals surface area contributed by atoms with Gasteiger partial charge in [-0.1, -0.05) is 28.1 Å². The number of ketones is 1. The molecule has 92 valence electrons. The Bertz CT molecular complexity index is 576. The topological polar surface area (TPSA) is 30.0 Å². The van der Waals surface area contributed by atoms with Crippen LogP contribution in [0.5, 0.6) is 0 Å². The lowest BCUT2D eigenvalue weighted by atomic mass is 10.0. The van der Waals surface area contributed by atoms with Crippen LogP contribution < -0.4 is 0 Å². The molecule has 0 fully saturated rings. The summed E-state index contributed by atoms with van der Waals surface area (Å²) in [7, 11) is 0. The van der Waals surface area contributed by atoms with Crippen molar-refractivity contribution in [3.8, 4) is 0 Å². The Morgan fingerprint density at radius 3 is 2.61 bits per heavy atom. The van der Waals surface area contributed by atoms with Crippen molar-refractivity contribution in [1.82, 2.24) is 4.98 Å². The van der Waals surface area contributed by atoms with Gasteiger partial charge in [-0.25, -0.2) is 0 Å². The zero-order valence-corrected chi connectivity index (χ0v) is 12.0. The van der Waals surface area contributed by atoms with E-state index in [2.05, 4.69) is 20.9 Å². The molecule has 0 unspecified atom stereocenters. The maximum Gasteiger partial charge on any atom is 0.169 e. The maximum absolute atomic E-state index is 12.2. The Hall–Kier alpha value is -1.48. The van der Waals surface area contributed by atoms with Crippen LogP contribution in [0.1, 0.15) is 27.2 Å². The molecule has 0 atom stereocenters. The predicted molar refractivity (Wildman–Crippen MR) is 75.9 cm³/mol. The molecular weight excluding hydrogens is 290 g/mol. The highest BCUT2D eigenvalue weighted by atomic mass is 79.9. The van der Waals surface area contributed by atoms with Gasteiger partial charge in [-0.15, -0.1) is 0 Å². The Morgan fingerprint density at radius 2 is 2.00 bits per heavy atom. The van der Waals surface area contributed by atoms with Gasteiger partial charge >= 0.3 is 0 Å². The minimum Gasteiger partial charge on any atom is -0.294 e. The number of benzene rings is 1. The van der Waals surface area contributed by atoms with E-state index < -0.39 is 0 Å². The third-order valence-corrected chi connectivity index (χ3v) is 3.30. The van der Waals surface area contributed by atoms with Crippen molar-refractivity contribution in [3.05, 3.63) is 63.4 Å². The molecular formula is C15H14BrNO. The third kappa shape index (κ3) is 3.05. The minimum absolute atomic E-state index is 0.108. The van der Waals surface area contributed by atoms with E-state index >= 15 is 0 Å². The molecule has 1 heterocycles. The highest BCUT2D eigenvalue weighted by Gasteiger charge is 2.10. The molecule has 2 rings (SSSR count). The number of nitrogens with zero attached hydrogens (tertiary/aromatic N) is 1. The van der Waals surface area contributed by atoms with Crippen LogP contribution in [0.4, 0.5) is 0 Å². The summed E-state index contributed by atoms with van der Waals surface area (Å²) in [6.45, 7) is 3.93. The van der Waals surface area contributed by atoms with Crippen LogP contribution in [0.3, 0.4) is 0 Å². The number of Topliss-reactive ketones (excluding diaryl/α,β-unsaturated/α-hetero) is 1. The van der Waals surface area contributed by atoms with Crippen molar-refractivity contribution in [2.75, 3.05) is 0 Å². The van der Waals surface area contributed by atoms with Gasteiger partial charge in [0, 0.05) is 21.9 Å². The first kappa shape index (κ1) is 13.0. The quantitative estimate of drug-likeness (QED) is 0.805. The van der Waals surface area contributed by atoms with Gasteiger partial charge in [-0.05, 0) is 43.2 Å². The van der Waals surface area contributed by atoms with E-state index in [1.54, 1.807) is 6.20 Å². The maximum atomic E-state index is 12.2. The molecule has 0 aliphatic carbocycles. The lowest BCUT2D eigenvalue weighted by Gasteiger charge is -2.05. The summed E-state index contributed by atoms with van der Waals surface area (Å²) in [6.07, 6.45) is 2.14. The van der Waals surface area contributed by atoms with Crippen LogP contribution in [0, 0.1) is 13.8 Å². The lowest BCUT2D eigenvalue weighted by Crippen LogP contribution is -2.06. The molecule has 1 aromatic carbocycles. The number of hydrogen-bond acceptors (Lipinski definition) is 2. The summed E-state index contributed by atoms with van der Waals surface area (Å²) in [5.41, 5.74) is 3.67. The largest absolute Gasteiger partial charge is 0.294 e. The summed E-state index contributed by atoms with van der Waals surface area (Å²) < 4.78 is 0.991. The average Bonchev–Trinajstić information content (AvgIpc) is 2.32. The van der Waals surface area contributed by atoms with Crippen molar-refractivity contribution in [1.29, 1.82) is 0 Å². The van der Waals surface area contributed by atoms with E-state index in [0.717, 1.165) is 26.9 Å². The summed E-state index contributed by atoms with van der Waals surface area (Å²) in [4.78, 5) is 16.4. The molecule has 2 aromatic rings. The van der Waals surface area contributed by atoms with E-state index in [-0.39, 0.29) is 5.78 Å². The molecule has 0 bridgehead atoms. The molecule has 0 aliphatic rings. The number of carbonyl (C=O) groups is 1. The fourth-order valence-electron chi connectivity index (χ4n) is 1.80. The first-order valence-electron chi connectivity index (χ1n) is 5.77. The van der Waals surface area contributed by atoms with Gasteiger partial charge in [0.2, 0.25) is 0 Å². The normalized spacial score (nSPS) is 10.4. The Kier molecular flexibility index (Phi) is 3.92. The molecule has 1 aromatic heterocycles. The lowest BCUT2D eigenvalue weighted by molar-refractivity contribution is 0.0991. The second-order valence-corrected chi connectivity index (χ2v) is 5.30. The molecule has 0 saturated heterocycles. The number of halogens is 1. The van der Waals surface area contributed by atoms with Crippen molar-refractivity contribution >= 4 is 21.7 Å². The predicted octanol–water partition coefficient (Wildman–Crippen LogP) is 3.89. The summed E-state index contributed by atoms with van der Waals surface area (Å²) >= 11 is 3.40. The Balaban J connectivity index is 2.19. The van der Waals surface area contributed by atoms with Crippen LogP contribution in [0.15, 0.2) is 41.0 Å². The van der Waals surface area contributed by atoms with E-state index in [1.807, 2.05) is 44.2 Å². The first-order chi connectivity index (χ1) is 8.56. The van der Waals surface area contributed by atoms with Gasteiger partial charge in [0.15, 0.2) is 5.78 Å². The minimum atomic E-state index is 0.108.